The van der Waals surface area contributed by atoms with E-state index in [0.717, 1.165) is 23.6 Å². The quantitative estimate of drug-likeness (QED) is 0.846. The van der Waals surface area contributed by atoms with Crippen LogP contribution in [-0.2, 0) is 5.75 Å². The number of carboxylic acids is 1. The van der Waals surface area contributed by atoms with Crippen molar-refractivity contribution >= 4 is 17.7 Å². The lowest BCUT2D eigenvalue weighted by Crippen LogP contribution is -1.95. The maximum atomic E-state index is 10.9. The molecule has 0 unspecified atom stereocenters. The second kappa shape index (κ2) is 5.05. The van der Waals surface area contributed by atoms with Crippen molar-refractivity contribution in [3.05, 3.63) is 41.5 Å². The van der Waals surface area contributed by atoms with Crippen LogP contribution in [0.15, 0.2) is 33.7 Å². The van der Waals surface area contributed by atoms with Crippen LogP contribution in [0, 0.1) is 0 Å². The van der Waals surface area contributed by atoms with Gasteiger partial charge in [-0.05, 0) is 31.0 Å². The van der Waals surface area contributed by atoms with E-state index in [0.29, 0.717) is 17.6 Å². The molecule has 1 aromatic carbocycles. The van der Waals surface area contributed by atoms with E-state index >= 15 is 0 Å². The van der Waals surface area contributed by atoms with Gasteiger partial charge < -0.3 is 9.63 Å². The number of nitrogens with zero attached hydrogens (tertiary/aromatic N) is 2. The Balaban J connectivity index is 1.64. The van der Waals surface area contributed by atoms with Crippen LogP contribution in [-0.4, -0.2) is 21.2 Å². The molecule has 1 fully saturated rings. The van der Waals surface area contributed by atoms with E-state index in [1.54, 1.807) is 18.2 Å². The van der Waals surface area contributed by atoms with Gasteiger partial charge in [-0.15, -0.1) is 11.8 Å². The Kier molecular flexibility index (Phi) is 3.25. The predicted molar refractivity (Wildman–Crippen MR) is 69.2 cm³/mol. The number of hydrogen-bond acceptors (Lipinski definition) is 5. The molecule has 0 saturated heterocycles. The summed E-state index contributed by atoms with van der Waals surface area (Å²) in [6.07, 6.45) is 2.29. The molecular formula is C13H12N2O3S. The minimum absolute atomic E-state index is 0.286. The molecular weight excluding hydrogens is 264 g/mol. The van der Waals surface area contributed by atoms with E-state index in [1.807, 2.05) is 6.07 Å². The van der Waals surface area contributed by atoms with Crippen molar-refractivity contribution in [2.75, 3.05) is 0 Å². The monoisotopic (exact) mass is 276 g/mol. The Hall–Kier alpha value is -1.82. The molecule has 0 spiro atoms. The van der Waals surface area contributed by atoms with Crippen LogP contribution in [0.1, 0.15) is 40.8 Å². The highest BCUT2D eigenvalue weighted by molar-refractivity contribution is 7.98. The lowest BCUT2D eigenvalue weighted by molar-refractivity contribution is 0.0696. The smallest absolute Gasteiger partial charge is 0.335 e. The molecule has 0 aliphatic heterocycles. The van der Waals surface area contributed by atoms with Gasteiger partial charge in [-0.1, -0.05) is 11.2 Å². The van der Waals surface area contributed by atoms with Gasteiger partial charge in [-0.3, -0.25) is 0 Å². The van der Waals surface area contributed by atoms with Crippen LogP contribution in [0.5, 0.6) is 0 Å². The molecule has 3 rings (SSSR count). The van der Waals surface area contributed by atoms with Gasteiger partial charge in [0.2, 0.25) is 5.89 Å². The van der Waals surface area contributed by atoms with Crippen molar-refractivity contribution < 1.29 is 14.4 Å². The van der Waals surface area contributed by atoms with E-state index in [2.05, 4.69) is 10.1 Å². The van der Waals surface area contributed by atoms with Gasteiger partial charge in [0, 0.05) is 10.8 Å². The number of rotatable bonds is 5. The Morgan fingerprint density at radius 1 is 1.47 bits per heavy atom. The Morgan fingerprint density at radius 3 is 3.05 bits per heavy atom. The first-order valence-electron chi connectivity index (χ1n) is 6.01. The highest BCUT2D eigenvalue weighted by atomic mass is 32.2. The SMILES string of the molecule is O=C(O)c1cccc(SCc2nc(C3CC3)no2)c1. The standard InChI is InChI=1S/C13H12N2O3S/c16-13(17)9-2-1-3-10(6-9)19-7-11-14-12(15-18-11)8-4-5-8/h1-3,6,8H,4-5,7H2,(H,16,17). The van der Waals surface area contributed by atoms with Crippen molar-refractivity contribution in [1.29, 1.82) is 0 Å². The number of hydrogen-bond donors (Lipinski definition) is 1. The summed E-state index contributed by atoms with van der Waals surface area (Å²) in [4.78, 5) is 16.1. The van der Waals surface area contributed by atoms with Gasteiger partial charge in [0.25, 0.3) is 0 Å². The number of benzene rings is 1. The van der Waals surface area contributed by atoms with E-state index in [-0.39, 0.29) is 5.56 Å². The van der Waals surface area contributed by atoms with Crippen molar-refractivity contribution in [3.63, 3.8) is 0 Å². The average Bonchev–Trinajstić information content (AvgIpc) is 3.16. The van der Waals surface area contributed by atoms with E-state index < -0.39 is 5.97 Å². The molecule has 98 valence electrons. The Labute approximate surface area is 114 Å². The number of thioether (sulfide) groups is 1. The first kappa shape index (κ1) is 12.2. The van der Waals surface area contributed by atoms with Crippen molar-refractivity contribution in [1.82, 2.24) is 10.1 Å². The normalized spacial score (nSPS) is 14.5. The molecule has 0 atom stereocenters. The summed E-state index contributed by atoms with van der Waals surface area (Å²) >= 11 is 1.49. The lowest BCUT2D eigenvalue weighted by atomic mass is 10.2. The number of carboxylic acid groups (broad SMARTS) is 1. The highest BCUT2D eigenvalue weighted by Gasteiger charge is 2.28. The zero-order chi connectivity index (χ0) is 13.2. The van der Waals surface area contributed by atoms with Crippen LogP contribution < -0.4 is 0 Å². The highest BCUT2D eigenvalue weighted by Crippen LogP contribution is 2.38. The molecule has 1 aliphatic carbocycles. The molecule has 1 N–H and O–H groups in total. The number of carbonyl (C=O) groups is 1. The zero-order valence-electron chi connectivity index (χ0n) is 10.1. The summed E-state index contributed by atoms with van der Waals surface area (Å²) in [7, 11) is 0. The van der Waals surface area contributed by atoms with Crippen LogP contribution >= 0.6 is 11.8 Å². The number of aromatic nitrogens is 2. The third-order valence-corrected chi connectivity index (χ3v) is 3.85. The molecule has 1 heterocycles. The fourth-order valence-electron chi connectivity index (χ4n) is 1.70. The Bertz CT molecular complexity index is 607. The molecule has 19 heavy (non-hydrogen) atoms. The van der Waals surface area contributed by atoms with Crippen LogP contribution in [0.4, 0.5) is 0 Å². The van der Waals surface area contributed by atoms with Crippen LogP contribution in [0.2, 0.25) is 0 Å². The molecule has 1 saturated carbocycles. The lowest BCUT2D eigenvalue weighted by Gasteiger charge is -1.99. The van der Waals surface area contributed by atoms with Crippen molar-refractivity contribution in [3.8, 4) is 0 Å². The molecule has 0 radical (unpaired) electrons. The zero-order valence-corrected chi connectivity index (χ0v) is 10.9. The molecule has 1 aliphatic rings. The van der Waals surface area contributed by atoms with Gasteiger partial charge in [0.15, 0.2) is 5.82 Å². The predicted octanol–water partition coefficient (Wildman–Crippen LogP) is 2.94. The molecule has 6 heteroatoms. The van der Waals surface area contributed by atoms with Crippen molar-refractivity contribution in [2.45, 2.75) is 29.4 Å². The third kappa shape index (κ3) is 2.96. The number of aromatic carboxylic acids is 1. The second-order valence-corrected chi connectivity index (χ2v) is 5.49. The molecule has 5 nitrogen and oxygen atoms in total. The first-order chi connectivity index (χ1) is 9.22. The minimum Gasteiger partial charge on any atom is -0.478 e. The van der Waals surface area contributed by atoms with E-state index in [1.165, 1.54) is 11.8 Å². The summed E-state index contributed by atoms with van der Waals surface area (Å²) in [5.74, 6) is 1.51. The van der Waals surface area contributed by atoms with Gasteiger partial charge in [-0.25, -0.2) is 4.79 Å². The summed E-state index contributed by atoms with van der Waals surface area (Å²) in [6, 6.07) is 6.82. The molecule has 1 aromatic heterocycles. The Morgan fingerprint density at radius 2 is 2.32 bits per heavy atom. The maximum absolute atomic E-state index is 10.9. The van der Waals surface area contributed by atoms with Crippen LogP contribution in [0.3, 0.4) is 0 Å². The van der Waals surface area contributed by atoms with Crippen LogP contribution in [0.25, 0.3) is 0 Å². The van der Waals surface area contributed by atoms with E-state index in [4.69, 9.17) is 9.63 Å². The summed E-state index contributed by atoms with van der Waals surface area (Å²) in [5, 5.41) is 12.9. The van der Waals surface area contributed by atoms with Gasteiger partial charge >= 0.3 is 5.97 Å². The van der Waals surface area contributed by atoms with Gasteiger partial charge in [0.1, 0.15) is 0 Å². The fourth-order valence-corrected chi connectivity index (χ4v) is 2.49. The fraction of sp³-hybridized carbons (Fsp3) is 0.308. The average molecular weight is 276 g/mol. The summed E-state index contributed by atoms with van der Waals surface area (Å²) in [6.45, 7) is 0. The van der Waals surface area contributed by atoms with E-state index in [9.17, 15) is 4.79 Å². The topological polar surface area (TPSA) is 76.2 Å². The molecule has 0 bridgehead atoms. The van der Waals surface area contributed by atoms with Gasteiger partial charge in [0.05, 0.1) is 11.3 Å². The molecule has 2 aromatic rings. The summed E-state index contributed by atoms with van der Waals surface area (Å²) in [5.41, 5.74) is 0.286. The minimum atomic E-state index is -0.920. The van der Waals surface area contributed by atoms with Crippen molar-refractivity contribution in [2.24, 2.45) is 0 Å². The first-order valence-corrected chi connectivity index (χ1v) is 6.99. The third-order valence-electron chi connectivity index (χ3n) is 2.87. The largest absolute Gasteiger partial charge is 0.478 e. The maximum Gasteiger partial charge on any atom is 0.335 e. The molecule has 0 amide bonds. The summed E-state index contributed by atoms with van der Waals surface area (Å²) < 4.78 is 5.17. The van der Waals surface area contributed by atoms with Gasteiger partial charge in [-0.2, -0.15) is 4.98 Å². The second-order valence-electron chi connectivity index (χ2n) is 4.44.